The number of aromatic nitrogens is 1. The van der Waals surface area contributed by atoms with Crippen molar-refractivity contribution in [2.45, 2.75) is 27.2 Å². The van der Waals surface area contributed by atoms with Gasteiger partial charge in [-0.1, -0.05) is 56.3 Å². The van der Waals surface area contributed by atoms with Gasteiger partial charge in [0.25, 0.3) is 0 Å². The van der Waals surface area contributed by atoms with Gasteiger partial charge in [-0.2, -0.15) is 0 Å². The van der Waals surface area contributed by atoms with Crippen LogP contribution in [0.3, 0.4) is 0 Å². The number of hydrogen-bond donors (Lipinski definition) is 0. The van der Waals surface area contributed by atoms with Crippen molar-refractivity contribution < 1.29 is 4.57 Å². The molecule has 130 valence electrons. The van der Waals surface area contributed by atoms with E-state index in [4.69, 9.17) is 0 Å². The molecule has 0 bridgehead atoms. The van der Waals surface area contributed by atoms with Crippen LogP contribution in [0.25, 0.3) is 32.8 Å². The maximum Gasteiger partial charge on any atom is 0.220 e. The summed E-state index contributed by atoms with van der Waals surface area (Å²) >= 11 is 0. The molecule has 1 aromatic heterocycles. The number of fused-ring (bicyclic) bond motifs is 2. The summed E-state index contributed by atoms with van der Waals surface area (Å²) in [4.78, 5) is 0. The van der Waals surface area contributed by atoms with Gasteiger partial charge in [0.2, 0.25) is 5.69 Å². The zero-order valence-corrected chi connectivity index (χ0v) is 16.1. The Morgan fingerprint density at radius 3 is 2.46 bits per heavy atom. The third kappa shape index (κ3) is 2.88. The molecule has 0 aliphatic heterocycles. The van der Waals surface area contributed by atoms with Gasteiger partial charge in [-0.25, -0.2) is 4.57 Å². The fourth-order valence-electron chi connectivity index (χ4n) is 4.04. The minimum absolute atomic E-state index is 0.675. The average molecular weight is 340 g/mol. The van der Waals surface area contributed by atoms with Crippen molar-refractivity contribution in [1.82, 2.24) is 0 Å². The third-order valence-electron chi connectivity index (χ3n) is 5.30. The molecule has 1 heterocycles. The van der Waals surface area contributed by atoms with Crippen LogP contribution >= 0.6 is 0 Å². The normalized spacial score (nSPS) is 11.6. The summed E-state index contributed by atoms with van der Waals surface area (Å²) in [6, 6.07) is 22.3. The van der Waals surface area contributed by atoms with Gasteiger partial charge in [0.15, 0.2) is 6.20 Å². The van der Waals surface area contributed by atoms with Crippen molar-refractivity contribution >= 4 is 21.5 Å². The van der Waals surface area contributed by atoms with Crippen molar-refractivity contribution in [2.24, 2.45) is 13.0 Å². The van der Waals surface area contributed by atoms with Crippen molar-refractivity contribution in [1.29, 1.82) is 0 Å². The van der Waals surface area contributed by atoms with E-state index in [9.17, 15) is 0 Å². The fourth-order valence-corrected chi connectivity index (χ4v) is 4.04. The zero-order valence-electron chi connectivity index (χ0n) is 16.1. The molecule has 0 fully saturated rings. The van der Waals surface area contributed by atoms with Crippen LogP contribution in [-0.4, -0.2) is 0 Å². The molecule has 0 amide bonds. The van der Waals surface area contributed by atoms with Gasteiger partial charge in [0, 0.05) is 6.07 Å². The van der Waals surface area contributed by atoms with Crippen LogP contribution in [-0.2, 0) is 13.5 Å². The lowest BCUT2D eigenvalue weighted by molar-refractivity contribution is -0.659. The lowest BCUT2D eigenvalue weighted by Crippen LogP contribution is -2.30. The van der Waals surface area contributed by atoms with E-state index in [1.165, 1.54) is 43.9 Å². The average Bonchev–Trinajstić information content (AvgIpc) is 2.63. The fraction of sp³-hybridized carbons (Fsp3) is 0.240. The number of aryl methyl sites for hydroxylation is 2. The Balaban J connectivity index is 1.96. The first kappa shape index (κ1) is 16.8. The summed E-state index contributed by atoms with van der Waals surface area (Å²) in [7, 11) is 2.14. The number of nitrogens with zero attached hydrogens (tertiary/aromatic N) is 1. The molecule has 3 aromatic carbocycles. The third-order valence-corrected chi connectivity index (χ3v) is 5.30. The van der Waals surface area contributed by atoms with Crippen LogP contribution in [0.5, 0.6) is 0 Å². The van der Waals surface area contributed by atoms with Gasteiger partial charge in [0.1, 0.15) is 7.05 Å². The standard InChI is InChI=1S/C25H26N/c1-17(2)15-19-9-11-24-21(16-19)13-14-26(4)25(24)23-12-10-20-7-5-6-8-22(20)18(23)3/h5-14,16-17H,15H2,1-4H3/q+1. The van der Waals surface area contributed by atoms with E-state index in [0.717, 1.165) is 6.42 Å². The van der Waals surface area contributed by atoms with E-state index < -0.39 is 0 Å². The molecule has 1 heteroatoms. The molecular weight excluding hydrogens is 314 g/mol. The second kappa shape index (κ2) is 6.57. The molecule has 0 saturated carbocycles. The van der Waals surface area contributed by atoms with E-state index >= 15 is 0 Å². The summed E-state index contributed by atoms with van der Waals surface area (Å²) in [6.45, 7) is 6.79. The van der Waals surface area contributed by atoms with Crippen LogP contribution in [0, 0.1) is 12.8 Å². The molecule has 0 saturated heterocycles. The maximum absolute atomic E-state index is 2.36. The molecule has 4 rings (SSSR count). The van der Waals surface area contributed by atoms with Crippen molar-refractivity contribution in [3.8, 4) is 11.3 Å². The molecule has 4 aromatic rings. The number of hydrogen-bond acceptors (Lipinski definition) is 0. The Labute approximate surface area is 155 Å². The van der Waals surface area contributed by atoms with Crippen molar-refractivity contribution in [2.75, 3.05) is 0 Å². The summed E-state index contributed by atoms with van der Waals surface area (Å²) in [5.41, 5.74) is 5.37. The number of pyridine rings is 1. The smallest absolute Gasteiger partial charge is 0.200 e. The molecule has 0 N–H and O–H groups in total. The maximum atomic E-state index is 2.36. The largest absolute Gasteiger partial charge is 0.220 e. The monoisotopic (exact) mass is 340 g/mol. The Kier molecular flexibility index (Phi) is 4.24. The van der Waals surface area contributed by atoms with E-state index in [2.05, 4.69) is 99.2 Å². The van der Waals surface area contributed by atoms with Crippen molar-refractivity contribution in [3.63, 3.8) is 0 Å². The van der Waals surface area contributed by atoms with Crippen LogP contribution in [0.1, 0.15) is 25.0 Å². The van der Waals surface area contributed by atoms with Gasteiger partial charge in [0.05, 0.1) is 10.9 Å². The molecule has 0 aliphatic rings. The second-order valence-corrected chi connectivity index (χ2v) is 7.75. The highest BCUT2D eigenvalue weighted by atomic mass is 14.9. The summed E-state index contributed by atoms with van der Waals surface area (Å²) in [5.74, 6) is 0.675. The molecule has 0 unspecified atom stereocenters. The summed E-state index contributed by atoms with van der Waals surface area (Å²) in [6.07, 6.45) is 3.31. The molecule has 0 spiro atoms. The van der Waals surface area contributed by atoms with Gasteiger partial charge in [-0.3, -0.25) is 0 Å². The van der Waals surface area contributed by atoms with E-state index in [1.54, 1.807) is 0 Å². The molecule has 0 radical (unpaired) electrons. The van der Waals surface area contributed by atoms with Gasteiger partial charge in [-0.15, -0.1) is 0 Å². The molecule has 0 atom stereocenters. The van der Waals surface area contributed by atoms with Crippen LogP contribution in [0.15, 0.2) is 66.9 Å². The van der Waals surface area contributed by atoms with Crippen LogP contribution < -0.4 is 4.57 Å². The van der Waals surface area contributed by atoms with Crippen LogP contribution in [0.4, 0.5) is 0 Å². The van der Waals surface area contributed by atoms with E-state index in [0.29, 0.717) is 5.92 Å². The predicted molar refractivity (Wildman–Crippen MR) is 111 cm³/mol. The highest BCUT2D eigenvalue weighted by Crippen LogP contribution is 2.32. The topological polar surface area (TPSA) is 3.88 Å². The lowest BCUT2D eigenvalue weighted by atomic mass is 9.93. The quantitative estimate of drug-likeness (QED) is 0.403. The molecule has 1 nitrogen and oxygen atoms in total. The summed E-state index contributed by atoms with van der Waals surface area (Å²) < 4.78 is 2.25. The number of rotatable bonds is 3. The highest BCUT2D eigenvalue weighted by molar-refractivity contribution is 5.98. The SMILES string of the molecule is Cc1c(-c2c3ccc(CC(C)C)cc3cc[n+]2C)ccc2ccccc12. The van der Waals surface area contributed by atoms with Gasteiger partial charge >= 0.3 is 0 Å². The molecule has 26 heavy (non-hydrogen) atoms. The minimum atomic E-state index is 0.675. The highest BCUT2D eigenvalue weighted by Gasteiger charge is 2.18. The zero-order chi connectivity index (χ0) is 18.3. The lowest BCUT2D eigenvalue weighted by Gasteiger charge is -2.12. The van der Waals surface area contributed by atoms with E-state index in [-0.39, 0.29) is 0 Å². The second-order valence-electron chi connectivity index (χ2n) is 7.75. The first-order chi connectivity index (χ1) is 12.5. The van der Waals surface area contributed by atoms with E-state index in [1.807, 2.05) is 0 Å². The first-order valence-corrected chi connectivity index (χ1v) is 9.44. The Bertz CT molecular complexity index is 1110. The van der Waals surface area contributed by atoms with Gasteiger partial charge in [-0.05, 0) is 58.7 Å². The minimum Gasteiger partial charge on any atom is -0.200 e. The van der Waals surface area contributed by atoms with Gasteiger partial charge < -0.3 is 0 Å². The Hall–Kier alpha value is -2.67. The Morgan fingerprint density at radius 2 is 1.65 bits per heavy atom. The molecule has 0 aliphatic carbocycles. The van der Waals surface area contributed by atoms with Crippen molar-refractivity contribution in [3.05, 3.63) is 78.0 Å². The first-order valence-electron chi connectivity index (χ1n) is 9.44. The Morgan fingerprint density at radius 1 is 0.846 bits per heavy atom. The number of benzene rings is 3. The molecular formula is C25H26N+. The summed E-state index contributed by atoms with van der Waals surface area (Å²) in [5, 5.41) is 5.28. The predicted octanol–water partition coefficient (Wildman–Crippen LogP) is 5.99. The van der Waals surface area contributed by atoms with Crippen LogP contribution in [0.2, 0.25) is 0 Å².